The van der Waals surface area contributed by atoms with Crippen molar-refractivity contribution >= 4 is 27.9 Å². The number of carbonyl (C=O) groups excluding carboxylic acids is 1. The number of nitrogens with one attached hydrogen (secondary N) is 1. The standard InChI is InChI=1S/C9H20N2O4S2/c1-8(7-16-4)10-17(13,14)11(2)6-5-9(12)15-3/h8,10H,5-7H2,1-4H3. The number of hydrogen-bond donors (Lipinski definition) is 1. The third-order valence-electron chi connectivity index (χ3n) is 2.04. The molecule has 0 spiro atoms. The Labute approximate surface area is 107 Å². The number of esters is 1. The molecule has 0 aliphatic heterocycles. The first-order valence-electron chi connectivity index (χ1n) is 5.12. The van der Waals surface area contributed by atoms with Gasteiger partial charge in [-0.25, -0.2) is 0 Å². The molecule has 17 heavy (non-hydrogen) atoms. The summed E-state index contributed by atoms with van der Waals surface area (Å²) in [5.41, 5.74) is 0. The van der Waals surface area contributed by atoms with Crippen LogP contribution in [0.2, 0.25) is 0 Å². The Bertz CT molecular complexity index is 332. The van der Waals surface area contributed by atoms with Gasteiger partial charge in [-0.3, -0.25) is 4.79 Å². The minimum atomic E-state index is -3.52. The number of hydrogen-bond acceptors (Lipinski definition) is 5. The molecule has 8 heteroatoms. The smallest absolute Gasteiger partial charge is 0.306 e. The molecule has 0 aromatic rings. The zero-order valence-electron chi connectivity index (χ0n) is 10.6. The van der Waals surface area contributed by atoms with E-state index in [0.717, 1.165) is 4.31 Å². The number of methoxy groups -OCH3 is 1. The van der Waals surface area contributed by atoms with Gasteiger partial charge < -0.3 is 4.74 Å². The summed E-state index contributed by atoms with van der Waals surface area (Å²) in [5.74, 6) is 0.272. The normalized spacial score (nSPS) is 13.7. The second-order valence-electron chi connectivity index (χ2n) is 3.63. The van der Waals surface area contributed by atoms with E-state index in [2.05, 4.69) is 9.46 Å². The van der Waals surface area contributed by atoms with E-state index < -0.39 is 16.2 Å². The second kappa shape index (κ2) is 7.91. The van der Waals surface area contributed by atoms with Gasteiger partial charge in [-0.15, -0.1) is 0 Å². The van der Waals surface area contributed by atoms with Crippen molar-refractivity contribution in [1.29, 1.82) is 0 Å². The fourth-order valence-electron chi connectivity index (χ4n) is 1.10. The molecule has 0 radical (unpaired) electrons. The molecule has 0 aromatic heterocycles. The van der Waals surface area contributed by atoms with E-state index >= 15 is 0 Å². The molecule has 0 fully saturated rings. The van der Waals surface area contributed by atoms with Gasteiger partial charge in [0, 0.05) is 25.4 Å². The number of ether oxygens (including phenoxy) is 1. The van der Waals surface area contributed by atoms with E-state index in [4.69, 9.17) is 0 Å². The highest BCUT2D eigenvalue weighted by atomic mass is 32.2. The van der Waals surface area contributed by atoms with Crippen LogP contribution in [-0.4, -0.2) is 57.4 Å². The molecule has 6 nitrogen and oxygen atoms in total. The Morgan fingerprint density at radius 3 is 2.59 bits per heavy atom. The lowest BCUT2D eigenvalue weighted by Crippen LogP contribution is -2.44. The van der Waals surface area contributed by atoms with Gasteiger partial charge in [-0.1, -0.05) is 0 Å². The Balaban J connectivity index is 4.25. The van der Waals surface area contributed by atoms with Crippen LogP contribution in [0.3, 0.4) is 0 Å². The van der Waals surface area contributed by atoms with Gasteiger partial charge in [0.2, 0.25) is 0 Å². The molecule has 0 rings (SSSR count). The first kappa shape index (κ1) is 16.7. The molecule has 0 bridgehead atoms. The van der Waals surface area contributed by atoms with Gasteiger partial charge in [-0.05, 0) is 13.2 Å². The highest BCUT2D eigenvalue weighted by molar-refractivity contribution is 7.98. The van der Waals surface area contributed by atoms with E-state index in [1.54, 1.807) is 18.7 Å². The van der Waals surface area contributed by atoms with E-state index in [0.29, 0.717) is 5.75 Å². The van der Waals surface area contributed by atoms with Gasteiger partial charge >= 0.3 is 5.97 Å². The minimum Gasteiger partial charge on any atom is -0.469 e. The minimum absolute atomic E-state index is 0.0464. The summed E-state index contributed by atoms with van der Waals surface area (Å²) < 4.78 is 31.6. The van der Waals surface area contributed by atoms with Crippen LogP contribution >= 0.6 is 11.8 Å². The first-order chi connectivity index (χ1) is 7.83. The monoisotopic (exact) mass is 284 g/mol. The van der Waals surface area contributed by atoms with Crippen LogP contribution < -0.4 is 4.72 Å². The van der Waals surface area contributed by atoms with Crippen LogP contribution in [0.15, 0.2) is 0 Å². The molecule has 1 N–H and O–H groups in total. The van der Waals surface area contributed by atoms with Crippen molar-refractivity contribution in [1.82, 2.24) is 9.03 Å². The van der Waals surface area contributed by atoms with Crippen LogP contribution in [0.25, 0.3) is 0 Å². The Kier molecular flexibility index (Phi) is 7.77. The van der Waals surface area contributed by atoms with E-state index in [1.807, 2.05) is 6.26 Å². The Hall–Kier alpha value is -0.310. The van der Waals surface area contributed by atoms with Crippen molar-refractivity contribution in [3.8, 4) is 0 Å². The summed E-state index contributed by atoms with van der Waals surface area (Å²) in [4.78, 5) is 10.9. The fourth-order valence-corrected chi connectivity index (χ4v) is 2.89. The van der Waals surface area contributed by atoms with Crippen LogP contribution in [0, 0.1) is 0 Å². The fraction of sp³-hybridized carbons (Fsp3) is 0.889. The van der Waals surface area contributed by atoms with Crippen molar-refractivity contribution in [2.75, 3.05) is 32.7 Å². The third kappa shape index (κ3) is 6.87. The lowest BCUT2D eigenvalue weighted by molar-refractivity contribution is -0.140. The first-order valence-corrected chi connectivity index (χ1v) is 7.96. The van der Waals surface area contributed by atoms with Crippen LogP contribution in [0.5, 0.6) is 0 Å². The molecule has 0 aliphatic carbocycles. The third-order valence-corrected chi connectivity index (χ3v) is 4.57. The summed E-state index contributed by atoms with van der Waals surface area (Å²) in [7, 11) is -0.822. The second-order valence-corrected chi connectivity index (χ2v) is 6.35. The van der Waals surface area contributed by atoms with Gasteiger partial charge in [0.25, 0.3) is 10.2 Å². The van der Waals surface area contributed by atoms with E-state index in [-0.39, 0.29) is 19.0 Å². The molecule has 0 aromatic carbocycles. The average Bonchev–Trinajstić information content (AvgIpc) is 2.24. The summed E-state index contributed by atoms with van der Waals surface area (Å²) in [6.07, 6.45) is 1.95. The molecule has 1 unspecified atom stereocenters. The van der Waals surface area contributed by atoms with Crippen molar-refractivity contribution in [3.63, 3.8) is 0 Å². The largest absolute Gasteiger partial charge is 0.469 e. The van der Waals surface area contributed by atoms with Gasteiger partial charge in [0.1, 0.15) is 0 Å². The number of nitrogens with zero attached hydrogens (tertiary/aromatic N) is 1. The lowest BCUT2D eigenvalue weighted by atomic mass is 10.4. The molecule has 0 heterocycles. The van der Waals surface area contributed by atoms with Crippen molar-refractivity contribution in [2.45, 2.75) is 19.4 Å². The zero-order valence-corrected chi connectivity index (χ0v) is 12.2. The summed E-state index contributed by atoms with van der Waals surface area (Å²) in [6, 6.07) is -0.143. The highest BCUT2D eigenvalue weighted by Crippen LogP contribution is 2.02. The quantitative estimate of drug-likeness (QED) is 0.638. The molecular weight excluding hydrogens is 264 g/mol. The van der Waals surface area contributed by atoms with Crippen molar-refractivity contribution in [2.24, 2.45) is 0 Å². The molecule has 0 saturated carbocycles. The lowest BCUT2D eigenvalue weighted by Gasteiger charge is -2.20. The molecule has 102 valence electrons. The van der Waals surface area contributed by atoms with Gasteiger partial charge in [0.05, 0.1) is 13.5 Å². The van der Waals surface area contributed by atoms with E-state index in [1.165, 1.54) is 14.2 Å². The maximum Gasteiger partial charge on any atom is 0.306 e. The topological polar surface area (TPSA) is 75.7 Å². The van der Waals surface area contributed by atoms with Gasteiger partial charge in [0.15, 0.2) is 0 Å². The van der Waals surface area contributed by atoms with Crippen LogP contribution in [0.4, 0.5) is 0 Å². The Morgan fingerprint density at radius 1 is 1.53 bits per heavy atom. The SMILES string of the molecule is COC(=O)CCN(C)S(=O)(=O)NC(C)CSC. The maximum atomic E-state index is 11.8. The van der Waals surface area contributed by atoms with Crippen molar-refractivity contribution < 1.29 is 17.9 Å². The summed E-state index contributed by atoms with van der Waals surface area (Å²) in [6.45, 7) is 1.90. The Morgan fingerprint density at radius 2 is 2.12 bits per heavy atom. The predicted octanol–water partition coefficient (Wildman–Crippen LogP) is 0.0672. The number of carbonyl (C=O) groups is 1. The summed E-state index contributed by atoms with van der Waals surface area (Å²) in [5, 5.41) is 0. The predicted molar refractivity (Wildman–Crippen MR) is 69.2 cm³/mol. The zero-order chi connectivity index (χ0) is 13.5. The molecule has 0 amide bonds. The molecule has 0 aliphatic rings. The number of rotatable bonds is 8. The van der Waals surface area contributed by atoms with E-state index in [9.17, 15) is 13.2 Å². The molecule has 0 saturated heterocycles. The maximum absolute atomic E-state index is 11.8. The summed E-state index contributed by atoms with van der Waals surface area (Å²) >= 11 is 1.56. The highest BCUT2D eigenvalue weighted by Gasteiger charge is 2.20. The number of thioether (sulfide) groups is 1. The van der Waals surface area contributed by atoms with Gasteiger partial charge in [-0.2, -0.15) is 29.2 Å². The van der Waals surface area contributed by atoms with Crippen LogP contribution in [0.1, 0.15) is 13.3 Å². The van der Waals surface area contributed by atoms with Crippen LogP contribution in [-0.2, 0) is 19.7 Å². The van der Waals surface area contributed by atoms with Crippen molar-refractivity contribution in [3.05, 3.63) is 0 Å². The molecular formula is C9H20N2O4S2. The molecule has 1 atom stereocenters. The average molecular weight is 284 g/mol.